The van der Waals surface area contributed by atoms with E-state index in [4.69, 9.17) is 15.0 Å². The van der Waals surface area contributed by atoms with Crippen molar-refractivity contribution in [3.63, 3.8) is 0 Å². The number of hydrogen-bond acceptors (Lipinski definition) is 8. The number of nitrogens with zero attached hydrogens (tertiary/aromatic N) is 6. The molecule has 216 valence electrons. The summed E-state index contributed by atoms with van der Waals surface area (Å²) in [7, 11) is 0. The monoisotopic (exact) mass is 571 g/mol. The van der Waals surface area contributed by atoms with Gasteiger partial charge >= 0.3 is 0 Å². The normalized spacial score (nSPS) is 13.8. The summed E-state index contributed by atoms with van der Waals surface area (Å²) in [5.74, 6) is 4.36. The highest BCUT2D eigenvalue weighted by molar-refractivity contribution is 6.67. The number of carbonyl (C=O) groups excluding carboxylic acids is 1. The van der Waals surface area contributed by atoms with Gasteiger partial charge in [0.15, 0.2) is 5.65 Å². The number of nitrogens with one attached hydrogen (secondary N) is 3. The van der Waals surface area contributed by atoms with Crippen molar-refractivity contribution < 1.29 is 4.79 Å². The van der Waals surface area contributed by atoms with Crippen LogP contribution >= 0.6 is 0 Å². The molecule has 0 atom stereocenters. The number of benzene rings is 2. The van der Waals surface area contributed by atoms with Gasteiger partial charge in [0.2, 0.25) is 18.3 Å². The van der Waals surface area contributed by atoms with Gasteiger partial charge in [0.05, 0.1) is 11.9 Å². The van der Waals surface area contributed by atoms with E-state index < -0.39 is 0 Å². The molecule has 1 saturated heterocycles. The minimum atomic E-state index is 0.184. The van der Waals surface area contributed by atoms with Crippen LogP contribution in [0.25, 0.3) is 27.7 Å². The summed E-state index contributed by atoms with van der Waals surface area (Å²) in [6.45, 7) is 5.73. The summed E-state index contributed by atoms with van der Waals surface area (Å²) >= 11 is 0. The molecule has 1 amide bonds. The first kappa shape index (κ1) is 28.2. The van der Waals surface area contributed by atoms with E-state index in [1.807, 2.05) is 42.6 Å². The van der Waals surface area contributed by atoms with Crippen LogP contribution in [0.5, 0.6) is 0 Å². The molecule has 10 nitrogen and oxygen atoms in total. The van der Waals surface area contributed by atoms with Crippen molar-refractivity contribution in [3.8, 4) is 17.2 Å². The van der Waals surface area contributed by atoms with Crippen LogP contribution in [0.3, 0.4) is 0 Å². The fourth-order valence-corrected chi connectivity index (χ4v) is 5.86. The molecule has 0 unspecified atom stereocenters. The Kier molecular flexibility index (Phi) is 8.18. The van der Waals surface area contributed by atoms with Crippen molar-refractivity contribution >= 4 is 47.1 Å². The average Bonchev–Trinajstić information content (AvgIpc) is 3.47. The molecule has 3 N–H and O–H groups in total. The van der Waals surface area contributed by atoms with Crippen molar-refractivity contribution in [2.24, 2.45) is 5.92 Å². The van der Waals surface area contributed by atoms with Gasteiger partial charge in [-0.05, 0) is 41.0 Å². The lowest BCUT2D eigenvalue weighted by Crippen LogP contribution is -2.25. The predicted molar refractivity (Wildman–Crippen MR) is 171 cm³/mol. The van der Waals surface area contributed by atoms with Crippen molar-refractivity contribution in [2.45, 2.75) is 51.8 Å². The predicted octanol–water partition coefficient (Wildman–Crippen LogP) is 6.02. The molecule has 43 heavy (non-hydrogen) atoms. The van der Waals surface area contributed by atoms with Crippen LogP contribution < -0.4 is 16.0 Å². The maximum atomic E-state index is 10.9. The second-order valence-corrected chi connectivity index (χ2v) is 11.5. The van der Waals surface area contributed by atoms with E-state index in [1.165, 1.54) is 0 Å². The van der Waals surface area contributed by atoms with Crippen LogP contribution in [0.15, 0.2) is 60.9 Å². The molecule has 11 heteroatoms. The highest BCUT2D eigenvalue weighted by Crippen LogP contribution is 2.31. The highest BCUT2D eigenvalue weighted by Gasteiger charge is 2.24. The Morgan fingerprint density at radius 2 is 1.95 bits per heavy atom. The lowest BCUT2D eigenvalue weighted by atomic mass is 9.42. The Morgan fingerprint density at radius 1 is 1.12 bits per heavy atom. The fourth-order valence-electron chi connectivity index (χ4n) is 5.86. The smallest absolute Gasteiger partial charge is 0.267 e. The van der Waals surface area contributed by atoms with Crippen LogP contribution in [0.1, 0.15) is 43.7 Å². The van der Waals surface area contributed by atoms with E-state index in [9.17, 15) is 10.1 Å². The molecule has 5 aromatic rings. The van der Waals surface area contributed by atoms with Gasteiger partial charge in [-0.25, -0.2) is 5.26 Å². The molecule has 2 aromatic carbocycles. The molecule has 0 aliphatic carbocycles. The molecule has 1 aliphatic heterocycles. The Morgan fingerprint density at radius 3 is 2.74 bits per heavy atom. The van der Waals surface area contributed by atoms with Crippen molar-refractivity contribution in [1.29, 1.82) is 5.26 Å². The maximum Gasteiger partial charge on any atom is 0.267 e. The minimum Gasteiger partial charge on any atom is -0.354 e. The first-order valence-corrected chi connectivity index (χ1v) is 14.8. The van der Waals surface area contributed by atoms with Crippen LogP contribution in [0.2, 0.25) is 12.6 Å². The number of nitriles is 1. The molecular formula is C32H34BN9O. The van der Waals surface area contributed by atoms with Crippen LogP contribution in [-0.2, 0) is 11.3 Å². The molecule has 6 rings (SSSR count). The topological polar surface area (TPSA) is 133 Å². The second-order valence-electron chi connectivity index (χ2n) is 11.5. The molecule has 0 bridgehead atoms. The molecule has 1 fully saturated rings. The SMILES string of the molecule is CC(C)c1cnn2c(NCc3ccccc3-c3nccc4cc(NC=O)ccc34)nc(NCC3CCB(C#N)CC3)nc12. The third-order valence-corrected chi connectivity index (χ3v) is 8.29. The number of anilines is 3. The Bertz CT molecular complexity index is 1800. The lowest BCUT2D eigenvalue weighted by Gasteiger charge is -2.23. The molecule has 0 saturated carbocycles. The summed E-state index contributed by atoms with van der Waals surface area (Å²) in [5, 5.41) is 25.6. The summed E-state index contributed by atoms with van der Waals surface area (Å²) in [6, 6.07) is 16.0. The van der Waals surface area contributed by atoms with Gasteiger partial charge in [-0.2, -0.15) is 19.6 Å². The molecule has 4 heterocycles. The quantitative estimate of drug-likeness (QED) is 0.137. The number of amides is 1. The number of aromatic nitrogens is 5. The molecule has 1 aliphatic rings. The molecule has 0 radical (unpaired) electrons. The standard InChI is InChI=1S/C32H34BN9O/c1-21(2)28-18-39-42-30(28)40-31(36-16-22-9-12-33(19-34)13-10-22)41-32(42)37-17-24-5-3-4-6-26(24)29-27-8-7-25(38-20-43)15-23(27)11-14-35-29/h3-8,11,14-15,18,20-22H,9-10,12-13,16-17H2,1-2H3,(H,38,43)(H2,36,37,40,41). The average molecular weight is 571 g/mol. The third kappa shape index (κ3) is 6.00. The van der Waals surface area contributed by atoms with E-state index in [0.29, 0.717) is 30.8 Å². The van der Waals surface area contributed by atoms with Crippen molar-refractivity contribution in [1.82, 2.24) is 24.6 Å². The van der Waals surface area contributed by atoms with Crippen molar-refractivity contribution in [3.05, 3.63) is 72.1 Å². The zero-order valence-corrected chi connectivity index (χ0v) is 24.4. The van der Waals surface area contributed by atoms with Gasteiger partial charge in [0.1, 0.15) is 0 Å². The molecule has 3 aromatic heterocycles. The van der Waals surface area contributed by atoms with E-state index in [0.717, 1.165) is 76.5 Å². The van der Waals surface area contributed by atoms with Gasteiger partial charge in [0.25, 0.3) is 6.71 Å². The fraction of sp³-hybridized carbons (Fsp3) is 0.312. The Balaban J connectivity index is 1.28. The lowest BCUT2D eigenvalue weighted by molar-refractivity contribution is -0.105. The van der Waals surface area contributed by atoms with Gasteiger partial charge in [0, 0.05) is 47.5 Å². The third-order valence-electron chi connectivity index (χ3n) is 8.29. The first-order chi connectivity index (χ1) is 21.0. The minimum absolute atomic E-state index is 0.184. The second kappa shape index (κ2) is 12.5. The van der Waals surface area contributed by atoms with E-state index in [2.05, 4.69) is 53.0 Å². The molecular weight excluding hydrogens is 537 g/mol. The number of carbonyl (C=O) groups is 1. The number of rotatable bonds is 10. The largest absolute Gasteiger partial charge is 0.354 e. The number of fused-ring (bicyclic) bond motifs is 2. The van der Waals surface area contributed by atoms with E-state index in [-0.39, 0.29) is 12.6 Å². The van der Waals surface area contributed by atoms with Gasteiger partial charge < -0.3 is 16.0 Å². The van der Waals surface area contributed by atoms with E-state index >= 15 is 0 Å². The van der Waals surface area contributed by atoms with Gasteiger partial charge in [-0.1, -0.05) is 69.7 Å². The van der Waals surface area contributed by atoms with Crippen LogP contribution in [-0.4, -0.2) is 44.2 Å². The zero-order chi connectivity index (χ0) is 29.8. The Labute approximate surface area is 251 Å². The number of hydrogen-bond donors (Lipinski definition) is 3. The summed E-state index contributed by atoms with van der Waals surface area (Å²) in [5.41, 5.74) is 5.52. The van der Waals surface area contributed by atoms with E-state index in [1.54, 1.807) is 10.7 Å². The first-order valence-electron chi connectivity index (χ1n) is 14.8. The Hall–Kier alpha value is -4.98. The molecule has 0 spiro atoms. The maximum absolute atomic E-state index is 10.9. The van der Waals surface area contributed by atoms with Crippen LogP contribution in [0, 0.1) is 17.1 Å². The zero-order valence-electron chi connectivity index (χ0n) is 24.4. The van der Waals surface area contributed by atoms with Gasteiger partial charge in [-0.15, -0.1) is 0 Å². The summed E-state index contributed by atoms with van der Waals surface area (Å²) in [6.07, 6.45) is 8.33. The highest BCUT2D eigenvalue weighted by atomic mass is 16.1. The summed E-state index contributed by atoms with van der Waals surface area (Å²) < 4.78 is 1.78. The van der Waals surface area contributed by atoms with Gasteiger partial charge in [-0.3, -0.25) is 9.78 Å². The summed E-state index contributed by atoms with van der Waals surface area (Å²) in [4.78, 5) is 25.4. The van der Waals surface area contributed by atoms with Crippen molar-refractivity contribution in [2.75, 3.05) is 22.5 Å². The van der Waals surface area contributed by atoms with Crippen LogP contribution in [0.4, 0.5) is 17.6 Å². The number of pyridine rings is 1.